The molecule has 1 aliphatic heterocycles. The van der Waals surface area contributed by atoms with Gasteiger partial charge in [-0.2, -0.15) is 0 Å². The Morgan fingerprint density at radius 2 is 1.81 bits per heavy atom. The molecule has 3 nitrogen and oxygen atoms in total. The van der Waals surface area contributed by atoms with Crippen molar-refractivity contribution in [3.63, 3.8) is 0 Å². The molecular formula is C21H24Cl2N2O. The van der Waals surface area contributed by atoms with Gasteiger partial charge < -0.3 is 4.90 Å². The number of amides is 1. The van der Waals surface area contributed by atoms with E-state index in [0.717, 1.165) is 55.3 Å². The van der Waals surface area contributed by atoms with Crippen LogP contribution in [0.4, 0.5) is 0 Å². The van der Waals surface area contributed by atoms with E-state index in [1.807, 2.05) is 29.2 Å². The fourth-order valence-electron chi connectivity index (χ4n) is 3.33. The summed E-state index contributed by atoms with van der Waals surface area (Å²) in [6.07, 6.45) is 1.38. The third-order valence-corrected chi connectivity index (χ3v) is 5.46. The fourth-order valence-corrected chi connectivity index (χ4v) is 3.84. The maximum Gasteiger partial charge on any atom is 0.227 e. The summed E-state index contributed by atoms with van der Waals surface area (Å²) in [6.45, 7) is 6.40. The van der Waals surface area contributed by atoms with Gasteiger partial charge in [-0.15, -0.1) is 0 Å². The molecule has 0 saturated carbocycles. The van der Waals surface area contributed by atoms with Crippen LogP contribution in [-0.2, 0) is 17.6 Å². The predicted molar refractivity (Wildman–Crippen MR) is 108 cm³/mol. The van der Waals surface area contributed by atoms with Crippen LogP contribution in [0.15, 0.2) is 42.5 Å². The van der Waals surface area contributed by atoms with Crippen molar-refractivity contribution >= 4 is 29.1 Å². The molecule has 0 bridgehead atoms. The van der Waals surface area contributed by atoms with E-state index >= 15 is 0 Å². The minimum Gasteiger partial charge on any atom is -0.340 e. The molecule has 0 radical (unpaired) electrons. The number of aryl methyl sites for hydroxylation is 1. The van der Waals surface area contributed by atoms with Crippen molar-refractivity contribution < 1.29 is 4.79 Å². The largest absolute Gasteiger partial charge is 0.340 e. The lowest BCUT2D eigenvalue weighted by Gasteiger charge is -2.35. The van der Waals surface area contributed by atoms with Crippen LogP contribution in [0.1, 0.15) is 16.7 Å². The summed E-state index contributed by atoms with van der Waals surface area (Å²) in [5, 5.41) is 1.39. The van der Waals surface area contributed by atoms with E-state index in [-0.39, 0.29) is 5.91 Å². The average Bonchev–Trinajstić information content (AvgIpc) is 2.61. The molecule has 2 aromatic carbocycles. The second-order valence-corrected chi connectivity index (χ2v) is 7.72. The van der Waals surface area contributed by atoms with Gasteiger partial charge in [-0.1, -0.05) is 59.1 Å². The number of piperazine rings is 1. The molecule has 138 valence electrons. The highest BCUT2D eigenvalue weighted by atomic mass is 35.5. The van der Waals surface area contributed by atoms with E-state index in [9.17, 15) is 4.79 Å². The molecule has 1 saturated heterocycles. The standard InChI is InChI=1S/C21H24Cl2N2O/c1-16-3-2-4-17(13-16)14-21(26)25-11-9-24(10-12-25)8-7-18-5-6-19(22)15-20(18)23/h2-6,13,15H,7-12,14H2,1H3. The lowest BCUT2D eigenvalue weighted by molar-refractivity contribution is -0.132. The Bertz CT molecular complexity index is 770. The summed E-state index contributed by atoms with van der Waals surface area (Å²) in [5.41, 5.74) is 3.41. The number of nitrogens with zero attached hydrogens (tertiary/aromatic N) is 2. The van der Waals surface area contributed by atoms with Crippen LogP contribution in [0.5, 0.6) is 0 Å². The Balaban J connectivity index is 1.45. The van der Waals surface area contributed by atoms with Crippen molar-refractivity contribution in [1.29, 1.82) is 0 Å². The van der Waals surface area contributed by atoms with Gasteiger partial charge in [-0.05, 0) is 36.6 Å². The van der Waals surface area contributed by atoms with Crippen molar-refractivity contribution in [3.8, 4) is 0 Å². The first-order valence-corrected chi connectivity index (χ1v) is 9.76. The summed E-state index contributed by atoms with van der Waals surface area (Å²) in [4.78, 5) is 16.9. The Hall–Kier alpha value is -1.55. The first-order valence-electron chi connectivity index (χ1n) is 9.01. The van der Waals surface area contributed by atoms with Crippen molar-refractivity contribution in [2.45, 2.75) is 19.8 Å². The zero-order valence-corrected chi connectivity index (χ0v) is 16.6. The highest BCUT2D eigenvalue weighted by molar-refractivity contribution is 6.35. The van der Waals surface area contributed by atoms with Crippen molar-refractivity contribution in [3.05, 3.63) is 69.2 Å². The lowest BCUT2D eigenvalue weighted by Crippen LogP contribution is -2.49. The van der Waals surface area contributed by atoms with Crippen molar-refractivity contribution in [2.75, 3.05) is 32.7 Å². The van der Waals surface area contributed by atoms with Crippen LogP contribution in [0.3, 0.4) is 0 Å². The number of halogens is 2. The van der Waals surface area contributed by atoms with Crippen LogP contribution in [0.25, 0.3) is 0 Å². The second-order valence-electron chi connectivity index (χ2n) is 6.87. The summed E-state index contributed by atoms with van der Waals surface area (Å²) >= 11 is 12.2. The van der Waals surface area contributed by atoms with Crippen LogP contribution >= 0.6 is 23.2 Å². The monoisotopic (exact) mass is 390 g/mol. The maximum absolute atomic E-state index is 12.5. The molecule has 0 aliphatic carbocycles. The first kappa shape index (κ1) is 19.2. The Kier molecular flexibility index (Phi) is 6.58. The molecule has 1 fully saturated rings. The molecule has 5 heteroatoms. The Morgan fingerprint density at radius 1 is 1.04 bits per heavy atom. The Labute approximate surface area is 165 Å². The summed E-state index contributed by atoms with van der Waals surface area (Å²) < 4.78 is 0. The Morgan fingerprint density at radius 3 is 2.50 bits per heavy atom. The normalized spacial score (nSPS) is 15.3. The summed E-state index contributed by atoms with van der Waals surface area (Å²) in [6, 6.07) is 13.8. The van der Waals surface area contributed by atoms with Gasteiger partial charge in [0.25, 0.3) is 0 Å². The molecule has 26 heavy (non-hydrogen) atoms. The summed E-state index contributed by atoms with van der Waals surface area (Å²) in [5.74, 6) is 0.219. The van der Waals surface area contributed by atoms with Gasteiger partial charge in [0.2, 0.25) is 5.91 Å². The van der Waals surface area contributed by atoms with Gasteiger partial charge in [-0.25, -0.2) is 0 Å². The van der Waals surface area contributed by atoms with E-state index in [4.69, 9.17) is 23.2 Å². The topological polar surface area (TPSA) is 23.6 Å². The highest BCUT2D eigenvalue weighted by Crippen LogP contribution is 2.21. The molecule has 3 rings (SSSR count). The van der Waals surface area contributed by atoms with Crippen molar-refractivity contribution in [2.24, 2.45) is 0 Å². The van der Waals surface area contributed by atoms with Gasteiger partial charge in [0.15, 0.2) is 0 Å². The summed E-state index contributed by atoms with van der Waals surface area (Å²) in [7, 11) is 0. The molecular weight excluding hydrogens is 367 g/mol. The van der Waals surface area contributed by atoms with E-state index < -0.39 is 0 Å². The molecule has 1 aliphatic rings. The van der Waals surface area contributed by atoms with E-state index in [2.05, 4.69) is 24.0 Å². The number of benzene rings is 2. The smallest absolute Gasteiger partial charge is 0.227 e. The third kappa shape index (κ3) is 5.23. The number of hydrogen-bond acceptors (Lipinski definition) is 2. The predicted octanol–water partition coefficient (Wildman–Crippen LogP) is 4.23. The molecule has 0 unspecified atom stereocenters. The van der Waals surface area contributed by atoms with Gasteiger partial charge in [0, 0.05) is 42.8 Å². The first-order chi connectivity index (χ1) is 12.5. The zero-order chi connectivity index (χ0) is 18.5. The lowest BCUT2D eigenvalue weighted by atomic mass is 10.1. The number of hydrogen-bond donors (Lipinski definition) is 0. The third-order valence-electron chi connectivity index (χ3n) is 4.88. The number of carbonyl (C=O) groups excluding carboxylic acids is 1. The van der Waals surface area contributed by atoms with Gasteiger partial charge >= 0.3 is 0 Å². The molecule has 0 atom stereocenters. The maximum atomic E-state index is 12.5. The van der Waals surface area contributed by atoms with E-state index in [0.29, 0.717) is 11.4 Å². The van der Waals surface area contributed by atoms with Gasteiger partial charge in [0.1, 0.15) is 0 Å². The van der Waals surface area contributed by atoms with Crippen LogP contribution in [-0.4, -0.2) is 48.4 Å². The van der Waals surface area contributed by atoms with Gasteiger partial charge in [-0.3, -0.25) is 9.69 Å². The second kappa shape index (κ2) is 8.90. The fraction of sp³-hybridized carbons (Fsp3) is 0.381. The number of rotatable bonds is 5. The molecule has 0 spiro atoms. The average molecular weight is 391 g/mol. The van der Waals surface area contributed by atoms with E-state index in [1.54, 1.807) is 6.07 Å². The van der Waals surface area contributed by atoms with Crippen LogP contribution in [0, 0.1) is 6.92 Å². The molecule has 1 heterocycles. The van der Waals surface area contributed by atoms with E-state index in [1.165, 1.54) is 5.56 Å². The SMILES string of the molecule is Cc1cccc(CC(=O)N2CCN(CCc3ccc(Cl)cc3Cl)CC2)c1. The minimum absolute atomic E-state index is 0.219. The number of carbonyl (C=O) groups is 1. The molecule has 0 aromatic heterocycles. The van der Waals surface area contributed by atoms with Crippen LogP contribution in [0.2, 0.25) is 10.0 Å². The quantitative estimate of drug-likeness (QED) is 0.762. The van der Waals surface area contributed by atoms with Gasteiger partial charge in [0.05, 0.1) is 6.42 Å². The molecule has 1 amide bonds. The van der Waals surface area contributed by atoms with Crippen LogP contribution < -0.4 is 0 Å². The zero-order valence-electron chi connectivity index (χ0n) is 15.0. The van der Waals surface area contributed by atoms with Crippen molar-refractivity contribution in [1.82, 2.24) is 9.80 Å². The minimum atomic E-state index is 0.219. The highest BCUT2D eigenvalue weighted by Gasteiger charge is 2.21. The molecule has 2 aromatic rings. The molecule has 0 N–H and O–H groups in total.